The molecule has 0 saturated carbocycles. The maximum atomic E-state index is 12.7. The number of amides is 1. The Kier molecular flexibility index (Phi) is 6.05. The second-order valence-electron chi connectivity index (χ2n) is 7.01. The normalized spacial score (nSPS) is 11.5. The average molecular weight is 460 g/mol. The number of fused-ring (bicyclic) bond motifs is 1. The van der Waals surface area contributed by atoms with Crippen LogP contribution in [0.15, 0.2) is 67.0 Å². The number of hydrogen-bond donors (Lipinski definition) is 1. The molecule has 4 aromatic rings. The van der Waals surface area contributed by atoms with Crippen molar-refractivity contribution in [2.75, 3.05) is 11.4 Å². The minimum absolute atomic E-state index is 0.140. The molecule has 0 unspecified atom stereocenters. The highest BCUT2D eigenvalue weighted by molar-refractivity contribution is 6.31. The minimum atomic E-state index is -4.54. The third-order valence-corrected chi connectivity index (χ3v) is 5.21. The van der Waals surface area contributed by atoms with E-state index in [9.17, 15) is 18.0 Å². The molecule has 0 bridgehead atoms. The highest BCUT2D eigenvalue weighted by Crippen LogP contribution is 2.35. The average Bonchev–Trinajstić information content (AvgIpc) is 3.19. The van der Waals surface area contributed by atoms with Gasteiger partial charge in [-0.1, -0.05) is 29.8 Å². The molecule has 0 fully saturated rings. The molecule has 2 aromatic carbocycles. The quantitative estimate of drug-likeness (QED) is 0.333. The molecule has 0 aliphatic heterocycles. The van der Waals surface area contributed by atoms with Crippen LogP contribution in [0.1, 0.15) is 11.1 Å². The number of pyridine rings is 1. The number of ether oxygens (including phenoxy) is 1. The molecule has 0 saturated heterocycles. The van der Waals surface area contributed by atoms with Gasteiger partial charge in [0.1, 0.15) is 10.8 Å². The molecule has 5 nitrogen and oxygen atoms in total. The number of anilines is 1. The maximum Gasteiger partial charge on any atom is 0.417 e. The fourth-order valence-corrected chi connectivity index (χ4v) is 3.50. The number of nitrogens with one attached hydrogen (secondary N) is 1. The summed E-state index contributed by atoms with van der Waals surface area (Å²) in [7, 11) is 0. The van der Waals surface area contributed by atoms with Crippen molar-refractivity contribution < 1.29 is 22.7 Å². The van der Waals surface area contributed by atoms with Gasteiger partial charge in [-0.15, -0.1) is 0 Å². The van der Waals surface area contributed by atoms with Crippen LogP contribution >= 0.6 is 11.6 Å². The smallest absolute Gasteiger partial charge is 0.417 e. The van der Waals surface area contributed by atoms with E-state index in [0.717, 1.165) is 28.9 Å². The molecular formula is C23H17ClF3N3O2. The number of hydrogen-bond acceptors (Lipinski definition) is 3. The van der Waals surface area contributed by atoms with Crippen LogP contribution in [0, 0.1) is 0 Å². The first-order chi connectivity index (χ1) is 15.3. The molecule has 4 rings (SSSR count). The Balaban J connectivity index is 1.43. The molecule has 0 aliphatic carbocycles. The standard InChI is InChI=1S/C23H17ClF3N3O2/c24-20-11-16(23(25,26)27)13-29-22(20)32-18-7-5-17(6-8-18)30(14-31)10-9-15-12-28-21-4-2-1-3-19(15)21/h1-8,11-14,28H,9-10H2. The van der Waals surface area contributed by atoms with E-state index >= 15 is 0 Å². The first-order valence-corrected chi connectivity index (χ1v) is 10.0. The lowest BCUT2D eigenvalue weighted by molar-refractivity contribution is -0.137. The topological polar surface area (TPSA) is 58.2 Å². The van der Waals surface area contributed by atoms with Gasteiger partial charge in [-0.3, -0.25) is 4.79 Å². The van der Waals surface area contributed by atoms with Crippen LogP contribution in [0.3, 0.4) is 0 Å². The van der Waals surface area contributed by atoms with Gasteiger partial charge in [0.05, 0.1) is 5.56 Å². The summed E-state index contributed by atoms with van der Waals surface area (Å²) in [5.41, 5.74) is 1.84. The molecule has 0 spiro atoms. The highest BCUT2D eigenvalue weighted by atomic mass is 35.5. The number of halogens is 4. The van der Waals surface area contributed by atoms with Gasteiger partial charge in [0.25, 0.3) is 0 Å². The third kappa shape index (κ3) is 4.70. The van der Waals surface area contributed by atoms with Gasteiger partial charge in [-0.05, 0) is 48.4 Å². The van der Waals surface area contributed by atoms with Crippen LogP contribution in [0.25, 0.3) is 10.9 Å². The van der Waals surface area contributed by atoms with E-state index in [2.05, 4.69) is 9.97 Å². The zero-order valence-electron chi connectivity index (χ0n) is 16.6. The lowest BCUT2D eigenvalue weighted by Crippen LogP contribution is -2.23. The van der Waals surface area contributed by atoms with Crippen LogP contribution in [0.2, 0.25) is 5.02 Å². The molecule has 2 heterocycles. The second-order valence-corrected chi connectivity index (χ2v) is 7.42. The Hall–Kier alpha value is -3.52. The van der Waals surface area contributed by atoms with Gasteiger partial charge in [0.2, 0.25) is 12.3 Å². The van der Waals surface area contributed by atoms with Crippen molar-refractivity contribution in [1.82, 2.24) is 9.97 Å². The van der Waals surface area contributed by atoms with Gasteiger partial charge in [0.15, 0.2) is 0 Å². The number of alkyl halides is 3. The summed E-state index contributed by atoms with van der Waals surface area (Å²) in [6.07, 6.45) is -0.535. The van der Waals surface area contributed by atoms with E-state index in [4.69, 9.17) is 16.3 Å². The first-order valence-electron chi connectivity index (χ1n) is 9.63. The van der Waals surface area contributed by atoms with Crippen molar-refractivity contribution in [3.63, 3.8) is 0 Å². The number of carbonyl (C=O) groups is 1. The molecule has 0 radical (unpaired) electrons. The second kappa shape index (κ2) is 8.92. The van der Waals surface area contributed by atoms with Crippen molar-refractivity contribution >= 4 is 34.6 Å². The summed E-state index contributed by atoms with van der Waals surface area (Å²) in [6.45, 7) is 0.470. The highest BCUT2D eigenvalue weighted by Gasteiger charge is 2.31. The van der Waals surface area contributed by atoms with Crippen molar-refractivity contribution in [1.29, 1.82) is 0 Å². The number of aromatic nitrogens is 2. The van der Waals surface area contributed by atoms with Gasteiger partial charge >= 0.3 is 6.18 Å². The Morgan fingerprint density at radius 1 is 1.12 bits per heavy atom. The van der Waals surface area contributed by atoms with Crippen LogP contribution in [-0.4, -0.2) is 22.9 Å². The van der Waals surface area contributed by atoms with Gasteiger partial charge in [-0.25, -0.2) is 4.98 Å². The van der Waals surface area contributed by atoms with Crippen molar-refractivity contribution in [2.24, 2.45) is 0 Å². The molecule has 164 valence electrons. The molecule has 0 aliphatic rings. The van der Waals surface area contributed by atoms with Crippen molar-refractivity contribution in [2.45, 2.75) is 12.6 Å². The predicted octanol–water partition coefficient (Wildman–Crippen LogP) is 6.23. The number of para-hydroxylation sites is 1. The first kappa shape index (κ1) is 21.7. The van der Waals surface area contributed by atoms with Crippen LogP contribution < -0.4 is 9.64 Å². The van der Waals surface area contributed by atoms with E-state index in [1.807, 2.05) is 30.5 Å². The lowest BCUT2D eigenvalue weighted by Gasteiger charge is -2.18. The molecule has 2 aromatic heterocycles. The van der Waals surface area contributed by atoms with Gasteiger partial charge in [-0.2, -0.15) is 13.2 Å². The summed E-state index contributed by atoms with van der Waals surface area (Å²) >= 11 is 5.88. The monoisotopic (exact) mass is 459 g/mol. The Morgan fingerprint density at radius 3 is 2.56 bits per heavy atom. The number of benzene rings is 2. The summed E-state index contributed by atoms with van der Waals surface area (Å²) in [6, 6.07) is 15.2. The van der Waals surface area contributed by atoms with E-state index in [-0.39, 0.29) is 10.9 Å². The molecule has 9 heteroatoms. The summed E-state index contributed by atoms with van der Waals surface area (Å²) in [5, 5.41) is 0.861. The molecule has 0 atom stereocenters. The van der Waals surface area contributed by atoms with Gasteiger partial charge in [0, 0.05) is 35.5 Å². The Labute approximate surface area is 186 Å². The minimum Gasteiger partial charge on any atom is -0.438 e. The van der Waals surface area contributed by atoms with Crippen molar-refractivity contribution in [3.05, 3.63) is 83.1 Å². The zero-order chi connectivity index (χ0) is 22.7. The summed E-state index contributed by atoms with van der Waals surface area (Å²) in [4.78, 5) is 20.1. The van der Waals surface area contributed by atoms with E-state index in [0.29, 0.717) is 30.6 Å². The number of aromatic amines is 1. The fraction of sp³-hybridized carbons (Fsp3) is 0.130. The lowest BCUT2D eigenvalue weighted by atomic mass is 10.1. The van der Waals surface area contributed by atoms with Crippen LogP contribution in [-0.2, 0) is 17.4 Å². The zero-order valence-corrected chi connectivity index (χ0v) is 17.3. The molecule has 1 N–H and O–H groups in total. The third-order valence-electron chi connectivity index (χ3n) is 4.94. The molecular weight excluding hydrogens is 443 g/mol. The number of rotatable bonds is 7. The Morgan fingerprint density at radius 2 is 1.88 bits per heavy atom. The van der Waals surface area contributed by atoms with Crippen LogP contribution in [0.4, 0.5) is 18.9 Å². The maximum absolute atomic E-state index is 12.7. The van der Waals surface area contributed by atoms with E-state index in [1.165, 1.54) is 0 Å². The summed E-state index contributed by atoms with van der Waals surface area (Å²) in [5.74, 6) is 0.185. The Bertz CT molecular complexity index is 1240. The molecule has 1 amide bonds. The summed E-state index contributed by atoms with van der Waals surface area (Å²) < 4.78 is 43.7. The predicted molar refractivity (Wildman–Crippen MR) is 116 cm³/mol. The van der Waals surface area contributed by atoms with Crippen molar-refractivity contribution in [3.8, 4) is 11.6 Å². The molecule has 32 heavy (non-hydrogen) atoms. The fourth-order valence-electron chi connectivity index (χ4n) is 3.29. The number of H-pyrrole nitrogens is 1. The number of carbonyl (C=O) groups excluding carboxylic acids is 1. The number of nitrogens with zero attached hydrogens (tertiary/aromatic N) is 2. The van der Waals surface area contributed by atoms with Crippen LogP contribution in [0.5, 0.6) is 11.6 Å². The van der Waals surface area contributed by atoms with E-state index in [1.54, 1.807) is 29.2 Å². The van der Waals surface area contributed by atoms with Gasteiger partial charge < -0.3 is 14.6 Å². The SMILES string of the molecule is O=CN(CCc1c[nH]c2ccccc12)c1ccc(Oc2ncc(C(F)(F)F)cc2Cl)cc1. The van der Waals surface area contributed by atoms with E-state index < -0.39 is 11.7 Å². The largest absolute Gasteiger partial charge is 0.438 e.